The molecule has 0 N–H and O–H groups in total. The van der Waals surface area contributed by atoms with Crippen LogP contribution >= 0.6 is 11.8 Å². The summed E-state index contributed by atoms with van der Waals surface area (Å²) in [6.45, 7) is 0. The number of hydrogen-bond acceptors (Lipinski definition) is 7. The van der Waals surface area contributed by atoms with Crippen molar-refractivity contribution in [2.45, 2.75) is 9.79 Å². The Kier molecular flexibility index (Phi) is 6.93. The van der Waals surface area contributed by atoms with Gasteiger partial charge in [0, 0.05) is 36.4 Å². The van der Waals surface area contributed by atoms with E-state index in [1.165, 1.54) is 36.1 Å². The molecule has 0 spiro atoms. The number of benzene rings is 4. The van der Waals surface area contributed by atoms with E-state index in [0.717, 1.165) is 19.6 Å². The SMILES string of the molecule is O=C1C=CC(=O)N1c1cccc(Oc2ccccc2Sc2ccccc2Oc2cccc(N3C(=O)C=CC3=O)c2)c1. The maximum absolute atomic E-state index is 12.1. The highest BCUT2D eigenvalue weighted by Gasteiger charge is 2.26. The molecule has 41 heavy (non-hydrogen) atoms. The van der Waals surface area contributed by atoms with Crippen molar-refractivity contribution in [3.05, 3.63) is 121 Å². The summed E-state index contributed by atoms with van der Waals surface area (Å²) in [6, 6.07) is 28.5. The molecule has 0 bridgehead atoms. The molecule has 2 aliphatic heterocycles. The fourth-order valence-electron chi connectivity index (χ4n) is 4.29. The van der Waals surface area contributed by atoms with Gasteiger partial charge in [0.2, 0.25) is 0 Å². The number of para-hydroxylation sites is 2. The van der Waals surface area contributed by atoms with Crippen LogP contribution in [0.2, 0.25) is 0 Å². The van der Waals surface area contributed by atoms with E-state index in [1.54, 1.807) is 48.5 Å². The van der Waals surface area contributed by atoms with Crippen molar-refractivity contribution in [3.63, 3.8) is 0 Å². The molecule has 0 saturated carbocycles. The fourth-order valence-corrected chi connectivity index (χ4v) is 5.24. The molecule has 0 aromatic heterocycles. The molecule has 0 radical (unpaired) electrons. The summed E-state index contributed by atoms with van der Waals surface area (Å²) >= 11 is 1.43. The van der Waals surface area contributed by atoms with E-state index < -0.39 is 23.6 Å². The molecule has 2 heterocycles. The molecular weight excluding hydrogens is 540 g/mol. The summed E-state index contributed by atoms with van der Waals surface area (Å²) in [4.78, 5) is 52.2. The van der Waals surface area contributed by atoms with Gasteiger partial charge in [0.1, 0.15) is 23.0 Å². The molecule has 2 aliphatic rings. The predicted molar refractivity (Wildman–Crippen MR) is 153 cm³/mol. The van der Waals surface area contributed by atoms with Gasteiger partial charge in [0.05, 0.1) is 21.2 Å². The van der Waals surface area contributed by atoms with Gasteiger partial charge in [-0.1, -0.05) is 48.2 Å². The Hall–Kier alpha value is -5.41. The topological polar surface area (TPSA) is 93.2 Å². The zero-order chi connectivity index (χ0) is 28.3. The van der Waals surface area contributed by atoms with Gasteiger partial charge >= 0.3 is 0 Å². The van der Waals surface area contributed by atoms with Crippen molar-refractivity contribution in [1.29, 1.82) is 0 Å². The number of rotatable bonds is 8. The molecule has 8 nitrogen and oxygen atoms in total. The normalized spacial score (nSPS) is 14.3. The molecule has 0 unspecified atom stereocenters. The van der Waals surface area contributed by atoms with Crippen LogP contribution in [-0.2, 0) is 19.2 Å². The van der Waals surface area contributed by atoms with Gasteiger partial charge in [-0.2, -0.15) is 0 Å². The highest BCUT2D eigenvalue weighted by molar-refractivity contribution is 7.99. The lowest BCUT2D eigenvalue weighted by Crippen LogP contribution is -2.29. The summed E-state index contributed by atoms with van der Waals surface area (Å²) in [6.07, 6.45) is 4.95. The van der Waals surface area contributed by atoms with Crippen LogP contribution in [0.3, 0.4) is 0 Å². The largest absolute Gasteiger partial charge is 0.456 e. The first-order chi connectivity index (χ1) is 20.0. The quantitative estimate of drug-likeness (QED) is 0.234. The molecule has 0 aliphatic carbocycles. The molecule has 0 atom stereocenters. The maximum atomic E-state index is 12.1. The van der Waals surface area contributed by atoms with E-state index >= 15 is 0 Å². The first-order valence-corrected chi connectivity index (χ1v) is 13.3. The number of amides is 4. The van der Waals surface area contributed by atoms with E-state index in [9.17, 15) is 19.2 Å². The predicted octanol–water partition coefficient (Wildman–Crippen LogP) is 6.28. The second kappa shape index (κ2) is 11.0. The Balaban J connectivity index is 1.23. The Labute approximate surface area is 239 Å². The molecular formula is C32H20N2O6S. The number of carbonyl (C=O) groups is 4. The molecule has 6 rings (SSSR count). The van der Waals surface area contributed by atoms with Crippen LogP contribution in [0.1, 0.15) is 0 Å². The molecule has 9 heteroatoms. The van der Waals surface area contributed by atoms with Crippen LogP contribution in [0.4, 0.5) is 11.4 Å². The second-order valence-electron chi connectivity index (χ2n) is 8.88. The van der Waals surface area contributed by atoms with Crippen molar-refractivity contribution in [2.75, 3.05) is 9.80 Å². The van der Waals surface area contributed by atoms with Crippen LogP contribution in [0.25, 0.3) is 0 Å². The van der Waals surface area contributed by atoms with Crippen molar-refractivity contribution < 1.29 is 28.7 Å². The van der Waals surface area contributed by atoms with Gasteiger partial charge < -0.3 is 9.47 Å². The summed E-state index contributed by atoms with van der Waals surface area (Å²) < 4.78 is 12.4. The van der Waals surface area contributed by atoms with Crippen LogP contribution in [-0.4, -0.2) is 23.6 Å². The molecule has 4 aromatic rings. The van der Waals surface area contributed by atoms with E-state index in [0.29, 0.717) is 34.4 Å². The summed E-state index contributed by atoms with van der Waals surface area (Å²) in [5.74, 6) is 0.460. The van der Waals surface area contributed by atoms with Crippen molar-refractivity contribution in [1.82, 2.24) is 0 Å². The first kappa shape index (κ1) is 25.8. The lowest BCUT2D eigenvalue weighted by molar-refractivity contribution is -0.121. The zero-order valence-electron chi connectivity index (χ0n) is 21.3. The van der Waals surface area contributed by atoms with Crippen molar-refractivity contribution in [2.24, 2.45) is 0 Å². The van der Waals surface area contributed by atoms with Gasteiger partial charge in [0.25, 0.3) is 23.6 Å². The third-order valence-corrected chi connectivity index (χ3v) is 7.26. The van der Waals surface area contributed by atoms with Crippen molar-refractivity contribution >= 4 is 46.8 Å². The third-order valence-electron chi connectivity index (χ3n) is 6.14. The number of imide groups is 2. The Morgan fingerprint density at radius 2 is 0.854 bits per heavy atom. The van der Waals surface area contributed by atoms with Gasteiger partial charge in [-0.3, -0.25) is 19.2 Å². The standard InChI is InChI=1S/C32H20N2O6S/c35-29-15-16-30(36)33(29)21-7-5-9-23(19-21)39-25-11-1-3-13-27(25)41-28-14-4-2-12-26(28)40-24-10-6-8-22(20-24)34-31(37)17-18-32(34)38/h1-20H. The molecule has 0 saturated heterocycles. The first-order valence-electron chi connectivity index (χ1n) is 12.5. The Bertz CT molecular complexity index is 1610. The van der Waals surface area contributed by atoms with E-state index in [1.807, 2.05) is 48.5 Å². The van der Waals surface area contributed by atoms with E-state index in [-0.39, 0.29) is 0 Å². The fraction of sp³-hybridized carbons (Fsp3) is 0. The van der Waals surface area contributed by atoms with E-state index in [4.69, 9.17) is 9.47 Å². The summed E-state index contributed by atoms with van der Waals surface area (Å²) in [5, 5.41) is 0. The van der Waals surface area contributed by atoms with Gasteiger partial charge in [-0.25, -0.2) is 9.80 Å². The minimum Gasteiger partial charge on any atom is -0.456 e. The number of nitrogens with zero attached hydrogens (tertiary/aromatic N) is 2. The van der Waals surface area contributed by atoms with Crippen LogP contribution in [0.5, 0.6) is 23.0 Å². The lowest BCUT2D eigenvalue weighted by atomic mass is 10.2. The van der Waals surface area contributed by atoms with Crippen LogP contribution in [0.15, 0.2) is 131 Å². The summed E-state index contributed by atoms with van der Waals surface area (Å²) in [7, 11) is 0. The molecule has 4 aromatic carbocycles. The minimum atomic E-state index is -0.402. The second-order valence-corrected chi connectivity index (χ2v) is 9.97. The number of carbonyl (C=O) groups excluding carboxylic acids is 4. The Morgan fingerprint density at radius 3 is 1.27 bits per heavy atom. The lowest BCUT2D eigenvalue weighted by Gasteiger charge is -2.17. The molecule has 200 valence electrons. The number of anilines is 2. The number of ether oxygens (including phenoxy) is 2. The smallest absolute Gasteiger partial charge is 0.258 e. The highest BCUT2D eigenvalue weighted by atomic mass is 32.2. The average molecular weight is 561 g/mol. The highest BCUT2D eigenvalue weighted by Crippen LogP contribution is 2.42. The van der Waals surface area contributed by atoms with E-state index in [2.05, 4.69) is 0 Å². The van der Waals surface area contributed by atoms with Gasteiger partial charge in [-0.15, -0.1) is 0 Å². The zero-order valence-corrected chi connectivity index (χ0v) is 22.1. The van der Waals surface area contributed by atoms with Crippen LogP contribution in [0, 0.1) is 0 Å². The number of hydrogen-bond donors (Lipinski definition) is 0. The van der Waals surface area contributed by atoms with Gasteiger partial charge in [0.15, 0.2) is 0 Å². The summed E-state index contributed by atoms with van der Waals surface area (Å²) in [5.41, 5.74) is 0.837. The van der Waals surface area contributed by atoms with Crippen molar-refractivity contribution in [3.8, 4) is 23.0 Å². The Morgan fingerprint density at radius 1 is 0.463 bits per heavy atom. The van der Waals surface area contributed by atoms with Gasteiger partial charge in [-0.05, 0) is 48.5 Å². The average Bonchev–Trinajstić information content (AvgIpc) is 3.50. The third kappa shape index (κ3) is 5.39. The van der Waals surface area contributed by atoms with Crippen LogP contribution < -0.4 is 19.3 Å². The molecule has 0 fully saturated rings. The molecule has 4 amide bonds. The monoisotopic (exact) mass is 560 g/mol. The maximum Gasteiger partial charge on any atom is 0.258 e. The minimum absolute atomic E-state index is 0.402.